The Kier molecular flexibility index (Phi) is 7.06. The lowest BCUT2D eigenvalue weighted by Gasteiger charge is -2.28. The third-order valence-corrected chi connectivity index (χ3v) is 6.21. The minimum atomic E-state index is -0.0467. The lowest BCUT2D eigenvalue weighted by Crippen LogP contribution is -2.36. The van der Waals surface area contributed by atoms with Crippen LogP contribution in [-0.4, -0.2) is 32.2 Å². The quantitative estimate of drug-likeness (QED) is 0.563. The third kappa shape index (κ3) is 5.65. The molecule has 1 aliphatic rings. The summed E-state index contributed by atoms with van der Waals surface area (Å²) in [5.74, 6) is 0.844. The molecule has 0 atom stereocenters. The molecule has 0 bridgehead atoms. The van der Waals surface area contributed by atoms with E-state index in [2.05, 4.69) is 46.6 Å². The predicted molar refractivity (Wildman–Crippen MR) is 123 cm³/mol. The highest BCUT2D eigenvalue weighted by Gasteiger charge is 2.11. The Morgan fingerprint density at radius 1 is 0.867 bits per heavy atom. The number of hydrogen-bond donors (Lipinski definition) is 1. The van der Waals surface area contributed by atoms with Gasteiger partial charge in [-0.25, -0.2) is 0 Å². The molecule has 4 rings (SSSR count). The van der Waals surface area contributed by atoms with Gasteiger partial charge in [0.1, 0.15) is 0 Å². The molecule has 1 fully saturated rings. The normalized spacial score (nSPS) is 13.8. The Morgan fingerprint density at radius 3 is 2.23 bits per heavy atom. The van der Waals surface area contributed by atoms with Crippen LogP contribution in [0.5, 0.6) is 0 Å². The van der Waals surface area contributed by atoms with Crippen molar-refractivity contribution >= 4 is 23.4 Å². The van der Waals surface area contributed by atoms with E-state index in [1.54, 1.807) is 11.8 Å². The van der Waals surface area contributed by atoms with Crippen molar-refractivity contribution in [2.24, 2.45) is 0 Å². The van der Waals surface area contributed by atoms with Crippen molar-refractivity contribution in [2.75, 3.05) is 31.2 Å². The Hall–Kier alpha value is -2.76. The summed E-state index contributed by atoms with van der Waals surface area (Å²) in [5.41, 5.74) is 4.20. The second-order valence-corrected chi connectivity index (χ2v) is 8.30. The van der Waals surface area contributed by atoms with Gasteiger partial charge in [0.15, 0.2) is 0 Å². The third-order valence-electron chi connectivity index (χ3n) is 5.13. The van der Waals surface area contributed by atoms with Gasteiger partial charge in [0.05, 0.1) is 13.2 Å². The molecule has 0 spiro atoms. The Labute approximate surface area is 182 Å². The Balaban J connectivity index is 1.26. The van der Waals surface area contributed by atoms with Gasteiger partial charge in [-0.1, -0.05) is 42.5 Å². The maximum absolute atomic E-state index is 12.5. The van der Waals surface area contributed by atoms with Crippen molar-refractivity contribution in [1.82, 2.24) is 5.32 Å². The molecule has 3 aromatic rings. The van der Waals surface area contributed by atoms with E-state index in [9.17, 15) is 4.79 Å². The lowest BCUT2D eigenvalue weighted by atomic mass is 10.1. The number of morpholine rings is 1. The van der Waals surface area contributed by atoms with Crippen LogP contribution in [0.15, 0.2) is 83.8 Å². The van der Waals surface area contributed by atoms with Gasteiger partial charge in [-0.15, -0.1) is 11.8 Å². The SMILES string of the molecule is O=C(NCc1ccc(N2CCOCC2)cc1)c1ccc(CSc2ccccc2)cc1. The number of nitrogens with zero attached hydrogens (tertiary/aromatic N) is 1. The summed E-state index contributed by atoms with van der Waals surface area (Å²) in [5, 5.41) is 3.01. The summed E-state index contributed by atoms with van der Waals surface area (Å²) < 4.78 is 5.40. The van der Waals surface area contributed by atoms with E-state index >= 15 is 0 Å². The number of ether oxygens (including phenoxy) is 1. The fraction of sp³-hybridized carbons (Fsp3) is 0.240. The highest BCUT2D eigenvalue weighted by molar-refractivity contribution is 7.98. The summed E-state index contributed by atoms with van der Waals surface area (Å²) in [7, 11) is 0. The number of carbonyl (C=O) groups is 1. The van der Waals surface area contributed by atoms with E-state index in [1.807, 2.05) is 42.5 Å². The monoisotopic (exact) mass is 418 g/mol. The summed E-state index contributed by atoms with van der Waals surface area (Å²) in [6.45, 7) is 3.93. The van der Waals surface area contributed by atoms with Crippen LogP contribution in [0, 0.1) is 0 Å². The van der Waals surface area contributed by atoms with Crippen molar-refractivity contribution in [2.45, 2.75) is 17.2 Å². The largest absolute Gasteiger partial charge is 0.378 e. The standard InChI is InChI=1S/C25H26N2O2S/c28-25(22-10-6-21(7-11-22)19-30-24-4-2-1-3-5-24)26-18-20-8-12-23(13-9-20)27-14-16-29-17-15-27/h1-13H,14-19H2,(H,26,28). The van der Waals surface area contributed by atoms with Crippen LogP contribution < -0.4 is 10.2 Å². The van der Waals surface area contributed by atoms with Gasteiger partial charge < -0.3 is 15.0 Å². The van der Waals surface area contributed by atoms with E-state index < -0.39 is 0 Å². The molecule has 5 heteroatoms. The van der Waals surface area contributed by atoms with Crippen molar-refractivity contribution in [1.29, 1.82) is 0 Å². The topological polar surface area (TPSA) is 41.6 Å². The summed E-state index contributed by atoms with van der Waals surface area (Å²) in [4.78, 5) is 16.1. The first-order valence-corrected chi connectivity index (χ1v) is 11.2. The van der Waals surface area contributed by atoms with E-state index in [1.165, 1.54) is 16.1 Å². The molecule has 1 saturated heterocycles. The number of hydrogen-bond acceptors (Lipinski definition) is 4. The van der Waals surface area contributed by atoms with Crippen LogP contribution >= 0.6 is 11.8 Å². The van der Waals surface area contributed by atoms with Crippen LogP contribution in [0.25, 0.3) is 0 Å². The van der Waals surface area contributed by atoms with E-state index in [0.29, 0.717) is 12.1 Å². The highest BCUT2D eigenvalue weighted by Crippen LogP contribution is 2.22. The van der Waals surface area contributed by atoms with Crippen LogP contribution in [0.4, 0.5) is 5.69 Å². The molecule has 30 heavy (non-hydrogen) atoms. The zero-order valence-corrected chi connectivity index (χ0v) is 17.7. The summed E-state index contributed by atoms with van der Waals surface area (Å²) >= 11 is 1.80. The maximum atomic E-state index is 12.5. The molecule has 4 nitrogen and oxygen atoms in total. The minimum absolute atomic E-state index is 0.0467. The van der Waals surface area contributed by atoms with Crippen molar-refractivity contribution in [3.8, 4) is 0 Å². The first-order chi connectivity index (χ1) is 14.8. The van der Waals surface area contributed by atoms with Gasteiger partial charge in [-0.2, -0.15) is 0 Å². The lowest BCUT2D eigenvalue weighted by molar-refractivity contribution is 0.0951. The number of carbonyl (C=O) groups excluding carboxylic acids is 1. The van der Waals surface area contributed by atoms with Crippen molar-refractivity contribution in [3.05, 3.63) is 95.6 Å². The number of thioether (sulfide) groups is 1. The van der Waals surface area contributed by atoms with Gasteiger partial charge in [0.25, 0.3) is 5.91 Å². The van der Waals surface area contributed by atoms with Gasteiger partial charge in [-0.05, 0) is 47.5 Å². The second kappa shape index (κ2) is 10.3. The highest BCUT2D eigenvalue weighted by atomic mass is 32.2. The average Bonchev–Trinajstić information content (AvgIpc) is 2.83. The molecule has 0 radical (unpaired) electrons. The molecule has 1 amide bonds. The molecule has 1 aliphatic heterocycles. The minimum Gasteiger partial charge on any atom is -0.378 e. The first kappa shape index (κ1) is 20.5. The van der Waals surface area contributed by atoms with E-state index in [-0.39, 0.29) is 5.91 Å². The Bertz CT molecular complexity index is 937. The molecular formula is C25H26N2O2S. The fourth-order valence-electron chi connectivity index (χ4n) is 3.37. The van der Waals surface area contributed by atoms with Gasteiger partial charge in [0, 0.05) is 41.5 Å². The maximum Gasteiger partial charge on any atom is 0.251 e. The molecule has 1 N–H and O–H groups in total. The molecule has 1 heterocycles. The zero-order chi connectivity index (χ0) is 20.6. The number of nitrogens with one attached hydrogen (secondary N) is 1. The predicted octanol–water partition coefficient (Wildman–Crippen LogP) is 4.75. The van der Waals surface area contributed by atoms with Crippen molar-refractivity contribution < 1.29 is 9.53 Å². The van der Waals surface area contributed by atoms with Gasteiger partial charge in [0.2, 0.25) is 0 Å². The van der Waals surface area contributed by atoms with Gasteiger partial charge >= 0.3 is 0 Å². The molecule has 0 saturated carbocycles. The number of benzene rings is 3. The summed E-state index contributed by atoms with van der Waals surface area (Å²) in [6.07, 6.45) is 0. The molecule has 3 aromatic carbocycles. The smallest absolute Gasteiger partial charge is 0.251 e. The molecule has 0 aliphatic carbocycles. The first-order valence-electron chi connectivity index (χ1n) is 10.2. The number of rotatable bonds is 7. The average molecular weight is 419 g/mol. The van der Waals surface area contributed by atoms with E-state index in [0.717, 1.165) is 37.6 Å². The van der Waals surface area contributed by atoms with Crippen LogP contribution in [0.1, 0.15) is 21.5 Å². The van der Waals surface area contributed by atoms with E-state index in [4.69, 9.17) is 4.74 Å². The second-order valence-electron chi connectivity index (χ2n) is 7.25. The van der Waals surface area contributed by atoms with Gasteiger partial charge in [-0.3, -0.25) is 4.79 Å². The van der Waals surface area contributed by atoms with Crippen LogP contribution in [0.2, 0.25) is 0 Å². The molecule has 0 unspecified atom stereocenters. The molecule has 0 aromatic heterocycles. The Morgan fingerprint density at radius 2 is 1.53 bits per heavy atom. The van der Waals surface area contributed by atoms with Crippen LogP contribution in [0.3, 0.4) is 0 Å². The zero-order valence-electron chi connectivity index (χ0n) is 16.9. The van der Waals surface area contributed by atoms with Crippen molar-refractivity contribution in [3.63, 3.8) is 0 Å². The number of amides is 1. The number of anilines is 1. The fourth-order valence-corrected chi connectivity index (χ4v) is 4.24. The molecule has 154 valence electrons. The summed E-state index contributed by atoms with van der Waals surface area (Å²) in [6, 6.07) is 26.6. The molecular weight excluding hydrogens is 392 g/mol. The van der Waals surface area contributed by atoms with Crippen LogP contribution in [-0.2, 0) is 17.0 Å².